The molecule has 32 heavy (non-hydrogen) atoms. The Kier molecular flexibility index (Phi) is 9.58. The number of allylic oxidation sites excluding steroid dienone is 2. The fourth-order valence-corrected chi connectivity index (χ4v) is 3.16. The quantitative estimate of drug-likeness (QED) is 0.157. The Morgan fingerprint density at radius 2 is 1.62 bits per heavy atom. The van der Waals surface area contributed by atoms with Gasteiger partial charge in [-0.3, -0.25) is 4.79 Å². The monoisotopic (exact) mass is 436 g/mol. The number of benzene rings is 2. The molecule has 2 aromatic rings. The van der Waals surface area contributed by atoms with Crippen LogP contribution in [0.3, 0.4) is 0 Å². The maximum absolute atomic E-state index is 12.7. The van der Waals surface area contributed by atoms with Crippen LogP contribution >= 0.6 is 0 Å². The fourth-order valence-electron chi connectivity index (χ4n) is 3.16. The molecule has 4 heteroatoms. The Hall–Kier alpha value is -3.01. The molecular formula is C28H36O4. The molecule has 0 aliphatic rings. The molecule has 0 saturated carbocycles. The number of carbonyl (C=O) groups excluding carboxylic acids is 1. The standard InChI is InChI=1S/C28H36O4/c1-6-9-19-31-26-18-16-24(28(4,5)8-3)27(32-20-10-7-2)23(26)15-17-25(30)21-11-13-22(29)14-12-21/h8,11-18,29H,3,6-7,9-10,19-20H2,1-2,4-5H3/b17-15+. The number of hydrogen-bond acceptors (Lipinski definition) is 4. The van der Waals surface area contributed by atoms with Crippen LogP contribution in [0.4, 0.5) is 0 Å². The van der Waals surface area contributed by atoms with Crippen LogP contribution in [0, 0.1) is 0 Å². The van der Waals surface area contributed by atoms with Crippen molar-refractivity contribution in [2.75, 3.05) is 13.2 Å². The Bertz CT molecular complexity index is 923. The second-order valence-corrected chi connectivity index (χ2v) is 8.43. The smallest absolute Gasteiger partial charge is 0.185 e. The van der Waals surface area contributed by atoms with Gasteiger partial charge in [0.05, 0.1) is 18.8 Å². The highest BCUT2D eigenvalue weighted by atomic mass is 16.5. The number of ketones is 1. The van der Waals surface area contributed by atoms with Crippen molar-refractivity contribution < 1.29 is 19.4 Å². The second-order valence-electron chi connectivity index (χ2n) is 8.43. The largest absolute Gasteiger partial charge is 0.508 e. The van der Waals surface area contributed by atoms with E-state index in [4.69, 9.17) is 9.47 Å². The lowest BCUT2D eigenvalue weighted by atomic mass is 9.83. The van der Waals surface area contributed by atoms with E-state index in [9.17, 15) is 9.90 Å². The molecule has 172 valence electrons. The predicted octanol–water partition coefficient (Wildman–Crippen LogP) is 7.11. The molecule has 1 N–H and O–H groups in total. The van der Waals surface area contributed by atoms with Crippen molar-refractivity contribution in [1.82, 2.24) is 0 Å². The molecule has 0 atom stereocenters. The van der Waals surface area contributed by atoms with E-state index >= 15 is 0 Å². The third-order valence-corrected chi connectivity index (χ3v) is 5.41. The first-order valence-corrected chi connectivity index (χ1v) is 11.4. The number of unbranched alkanes of at least 4 members (excludes halogenated alkanes) is 2. The lowest BCUT2D eigenvalue weighted by molar-refractivity contribution is 0.104. The normalized spacial score (nSPS) is 11.5. The van der Waals surface area contributed by atoms with E-state index in [1.807, 2.05) is 18.2 Å². The molecule has 4 nitrogen and oxygen atoms in total. The maximum atomic E-state index is 12.7. The first kappa shape index (κ1) is 25.3. The third kappa shape index (κ3) is 6.74. The minimum Gasteiger partial charge on any atom is -0.508 e. The van der Waals surface area contributed by atoms with E-state index in [0.717, 1.165) is 42.6 Å². The summed E-state index contributed by atoms with van der Waals surface area (Å²) >= 11 is 0. The molecule has 0 amide bonds. The van der Waals surface area contributed by atoms with Crippen molar-refractivity contribution in [2.24, 2.45) is 0 Å². The predicted molar refractivity (Wildman–Crippen MR) is 132 cm³/mol. The van der Waals surface area contributed by atoms with Crippen molar-refractivity contribution in [2.45, 2.75) is 58.8 Å². The summed E-state index contributed by atoms with van der Waals surface area (Å²) in [6, 6.07) is 10.2. The van der Waals surface area contributed by atoms with E-state index in [1.54, 1.807) is 18.2 Å². The maximum Gasteiger partial charge on any atom is 0.185 e. The van der Waals surface area contributed by atoms with Crippen molar-refractivity contribution in [1.29, 1.82) is 0 Å². The summed E-state index contributed by atoms with van der Waals surface area (Å²) in [6.45, 7) is 13.6. The highest BCUT2D eigenvalue weighted by molar-refractivity contribution is 6.07. The summed E-state index contributed by atoms with van der Waals surface area (Å²) < 4.78 is 12.4. The first-order chi connectivity index (χ1) is 15.3. The summed E-state index contributed by atoms with van der Waals surface area (Å²) in [5.74, 6) is 1.40. The summed E-state index contributed by atoms with van der Waals surface area (Å²) in [4.78, 5) is 12.7. The van der Waals surface area contributed by atoms with Crippen molar-refractivity contribution in [3.05, 3.63) is 71.8 Å². The Balaban J connectivity index is 2.53. The SMILES string of the molecule is C=CC(C)(C)c1ccc(OCCCC)c(/C=C/C(=O)c2ccc(O)cc2)c1OCCCC. The van der Waals surface area contributed by atoms with Crippen LogP contribution in [-0.2, 0) is 5.41 Å². The lowest BCUT2D eigenvalue weighted by Crippen LogP contribution is -2.16. The van der Waals surface area contributed by atoms with Gasteiger partial charge in [0.15, 0.2) is 5.78 Å². The van der Waals surface area contributed by atoms with E-state index < -0.39 is 0 Å². The Morgan fingerprint density at radius 1 is 1.00 bits per heavy atom. The van der Waals surface area contributed by atoms with Gasteiger partial charge in [-0.2, -0.15) is 0 Å². The first-order valence-electron chi connectivity index (χ1n) is 11.4. The van der Waals surface area contributed by atoms with Gasteiger partial charge in [0, 0.05) is 16.5 Å². The number of phenolic OH excluding ortho intramolecular Hbond substituents is 1. The van der Waals surface area contributed by atoms with Gasteiger partial charge in [-0.25, -0.2) is 0 Å². The van der Waals surface area contributed by atoms with Crippen LogP contribution in [0.5, 0.6) is 17.2 Å². The zero-order valence-electron chi connectivity index (χ0n) is 19.8. The van der Waals surface area contributed by atoms with E-state index in [-0.39, 0.29) is 16.9 Å². The van der Waals surface area contributed by atoms with Gasteiger partial charge in [-0.15, -0.1) is 6.58 Å². The van der Waals surface area contributed by atoms with Gasteiger partial charge in [-0.05, 0) is 55.3 Å². The number of aromatic hydroxyl groups is 1. The second kappa shape index (κ2) is 12.1. The van der Waals surface area contributed by atoms with Crippen LogP contribution in [0.15, 0.2) is 55.1 Å². The van der Waals surface area contributed by atoms with Gasteiger partial charge in [0.25, 0.3) is 0 Å². The molecule has 2 aromatic carbocycles. The molecule has 0 aliphatic heterocycles. The van der Waals surface area contributed by atoms with Crippen LogP contribution in [0.25, 0.3) is 6.08 Å². The minimum absolute atomic E-state index is 0.128. The van der Waals surface area contributed by atoms with Gasteiger partial charge in [0.2, 0.25) is 0 Å². The van der Waals surface area contributed by atoms with Crippen LogP contribution in [0.2, 0.25) is 0 Å². The highest BCUT2D eigenvalue weighted by Crippen LogP contribution is 2.40. The summed E-state index contributed by atoms with van der Waals surface area (Å²) in [7, 11) is 0. The molecule has 0 fully saturated rings. The zero-order valence-corrected chi connectivity index (χ0v) is 19.8. The molecule has 0 spiro atoms. The van der Waals surface area contributed by atoms with Crippen molar-refractivity contribution >= 4 is 11.9 Å². The number of phenols is 1. The average Bonchev–Trinajstić information content (AvgIpc) is 2.78. The van der Waals surface area contributed by atoms with Crippen molar-refractivity contribution in [3.63, 3.8) is 0 Å². The van der Waals surface area contributed by atoms with E-state index in [1.165, 1.54) is 18.2 Å². The highest BCUT2D eigenvalue weighted by Gasteiger charge is 2.25. The van der Waals surface area contributed by atoms with Gasteiger partial charge >= 0.3 is 0 Å². The molecule has 0 aliphatic carbocycles. The Labute approximate surface area is 192 Å². The topological polar surface area (TPSA) is 55.8 Å². The summed E-state index contributed by atoms with van der Waals surface area (Å²) in [5.41, 5.74) is 1.95. The van der Waals surface area contributed by atoms with Gasteiger partial charge in [0.1, 0.15) is 17.2 Å². The van der Waals surface area contributed by atoms with E-state index in [2.05, 4.69) is 34.3 Å². The number of rotatable bonds is 13. The molecule has 0 saturated heterocycles. The third-order valence-electron chi connectivity index (χ3n) is 5.41. The number of hydrogen-bond donors (Lipinski definition) is 1. The van der Waals surface area contributed by atoms with Crippen LogP contribution in [0.1, 0.15) is 74.9 Å². The van der Waals surface area contributed by atoms with Gasteiger partial charge < -0.3 is 14.6 Å². The van der Waals surface area contributed by atoms with Crippen LogP contribution in [-0.4, -0.2) is 24.1 Å². The molecule has 2 rings (SSSR count). The molecule has 0 heterocycles. The van der Waals surface area contributed by atoms with E-state index in [0.29, 0.717) is 24.5 Å². The number of carbonyl (C=O) groups is 1. The molecule has 0 radical (unpaired) electrons. The summed E-state index contributed by atoms with van der Waals surface area (Å²) in [5, 5.41) is 9.48. The fraction of sp³-hybridized carbons (Fsp3) is 0.393. The summed E-state index contributed by atoms with van der Waals surface area (Å²) in [6.07, 6.45) is 9.16. The molecule has 0 aromatic heterocycles. The number of ether oxygens (including phenoxy) is 2. The van der Waals surface area contributed by atoms with Crippen molar-refractivity contribution in [3.8, 4) is 17.2 Å². The lowest BCUT2D eigenvalue weighted by Gasteiger charge is -2.26. The molecule has 0 unspecified atom stereocenters. The Morgan fingerprint density at radius 3 is 2.22 bits per heavy atom. The minimum atomic E-state index is -0.312. The molecule has 0 bridgehead atoms. The zero-order chi connectivity index (χ0) is 23.6. The van der Waals surface area contributed by atoms with Gasteiger partial charge in [-0.1, -0.05) is 52.7 Å². The average molecular weight is 437 g/mol. The van der Waals surface area contributed by atoms with Crippen LogP contribution < -0.4 is 9.47 Å². The molecular weight excluding hydrogens is 400 g/mol.